The maximum atomic E-state index is 12.8. The van der Waals surface area contributed by atoms with Gasteiger partial charge in [-0.2, -0.15) is 5.26 Å². The summed E-state index contributed by atoms with van der Waals surface area (Å²) in [5.74, 6) is 0.123. The lowest BCUT2D eigenvalue weighted by molar-refractivity contribution is -0.344. The third kappa shape index (κ3) is 4.73. The van der Waals surface area contributed by atoms with Crippen LogP contribution in [0.15, 0.2) is 30.5 Å². The van der Waals surface area contributed by atoms with E-state index >= 15 is 0 Å². The minimum Gasteiger partial charge on any atom is -0.366 e. The predicted octanol–water partition coefficient (Wildman–Crippen LogP) is 2.11. The van der Waals surface area contributed by atoms with Gasteiger partial charge in [0.2, 0.25) is 5.91 Å². The van der Waals surface area contributed by atoms with E-state index in [1.165, 1.54) is 28.9 Å². The van der Waals surface area contributed by atoms with Crippen LogP contribution < -0.4 is 10.2 Å². The molecular weight excluding hydrogens is 447 g/mol. The SMILES string of the molecule is N#CC1CSCN1C(=O)CNC(=O)c1ccnc2ccc(N3CC(OC(F)(F)F)C3)cc12. The number of nitrogens with one attached hydrogen (secondary N) is 1. The first-order chi connectivity index (χ1) is 15.2. The number of amides is 2. The lowest BCUT2D eigenvalue weighted by Gasteiger charge is -2.40. The second-order valence-electron chi connectivity index (χ2n) is 7.34. The van der Waals surface area contributed by atoms with Crippen molar-refractivity contribution in [3.8, 4) is 6.07 Å². The standard InChI is InChI=1S/C20H18F3N5O3S/c21-20(22,23)31-14-8-27(9-14)12-1-2-17-16(5-12)15(3-4-25-17)19(30)26-7-18(29)28-11-32-10-13(28)6-24/h1-5,13-14H,7-11H2,(H,26,30). The lowest BCUT2D eigenvalue weighted by Crippen LogP contribution is -2.54. The van der Waals surface area contributed by atoms with Crippen molar-refractivity contribution in [3.05, 3.63) is 36.0 Å². The largest absolute Gasteiger partial charge is 0.522 e. The zero-order chi connectivity index (χ0) is 22.9. The number of anilines is 1. The van der Waals surface area contributed by atoms with Crippen LogP contribution >= 0.6 is 11.8 Å². The van der Waals surface area contributed by atoms with E-state index in [1.807, 2.05) is 0 Å². The van der Waals surface area contributed by atoms with Gasteiger partial charge < -0.3 is 15.1 Å². The highest BCUT2D eigenvalue weighted by atomic mass is 32.2. The fourth-order valence-corrected chi connectivity index (χ4v) is 4.69. The van der Waals surface area contributed by atoms with E-state index in [0.717, 1.165) is 0 Å². The molecule has 1 N–H and O–H groups in total. The van der Waals surface area contributed by atoms with Gasteiger partial charge in [0, 0.05) is 36.1 Å². The summed E-state index contributed by atoms with van der Waals surface area (Å²) in [6, 6.07) is 8.17. The van der Waals surface area contributed by atoms with Crippen molar-refractivity contribution >= 4 is 40.2 Å². The number of ether oxygens (including phenoxy) is 1. The number of fused-ring (bicyclic) bond motifs is 1. The molecule has 12 heteroatoms. The van der Waals surface area contributed by atoms with Crippen LogP contribution in [0.3, 0.4) is 0 Å². The number of hydrogen-bond acceptors (Lipinski definition) is 7. The molecule has 4 rings (SSSR count). The van der Waals surface area contributed by atoms with Gasteiger partial charge in [-0.15, -0.1) is 24.9 Å². The number of rotatable bonds is 5. The molecule has 2 aliphatic rings. The van der Waals surface area contributed by atoms with Gasteiger partial charge in [-0.25, -0.2) is 0 Å². The molecule has 2 aliphatic heterocycles. The molecule has 0 bridgehead atoms. The van der Waals surface area contributed by atoms with E-state index in [-0.39, 0.29) is 25.5 Å². The molecule has 1 aromatic carbocycles. The van der Waals surface area contributed by atoms with Crippen molar-refractivity contribution in [2.45, 2.75) is 18.5 Å². The zero-order valence-corrected chi connectivity index (χ0v) is 17.4. The Balaban J connectivity index is 1.45. The molecule has 32 heavy (non-hydrogen) atoms. The van der Waals surface area contributed by atoms with E-state index in [2.05, 4.69) is 21.1 Å². The van der Waals surface area contributed by atoms with Gasteiger partial charge in [-0.05, 0) is 24.3 Å². The monoisotopic (exact) mass is 465 g/mol. The van der Waals surface area contributed by atoms with E-state index < -0.39 is 24.4 Å². The van der Waals surface area contributed by atoms with E-state index in [0.29, 0.717) is 33.8 Å². The topological polar surface area (TPSA) is 98.6 Å². The van der Waals surface area contributed by atoms with Gasteiger partial charge in [0.1, 0.15) is 12.1 Å². The first kappa shape index (κ1) is 22.2. The Kier molecular flexibility index (Phi) is 6.12. The minimum absolute atomic E-state index is 0.0786. The minimum atomic E-state index is -4.67. The highest BCUT2D eigenvalue weighted by Crippen LogP contribution is 2.30. The number of aromatic nitrogens is 1. The molecule has 0 spiro atoms. The molecule has 2 amide bonds. The van der Waals surface area contributed by atoms with Gasteiger partial charge >= 0.3 is 6.36 Å². The van der Waals surface area contributed by atoms with Crippen molar-refractivity contribution in [1.29, 1.82) is 5.26 Å². The van der Waals surface area contributed by atoms with E-state index in [4.69, 9.17) is 5.26 Å². The summed E-state index contributed by atoms with van der Waals surface area (Å²) < 4.78 is 41.0. The summed E-state index contributed by atoms with van der Waals surface area (Å²) in [4.78, 5) is 32.5. The molecule has 1 aromatic heterocycles. The van der Waals surface area contributed by atoms with Crippen LogP contribution in [-0.2, 0) is 9.53 Å². The van der Waals surface area contributed by atoms with Crippen molar-refractivity contribution < 1.29 is 27.5 Å². The molecule has 168 valence electrons. The molecule has 2 aromatic rings. The van der Waals surface area contributed by atoms with Crippen molar-refractivity contribution in [3.63, 3.8) is 0 Å². The number of nitriles is 1. The van der Waals surface area contributed by atoms with Crippen molar-refractivity contribution in [2.24, 2.45) is 0 Å². The summed E-state index contributed by atoms with van der Waals surface area (Å²) >= 11 is 1.48. The Bertz CT molecular complexity index is 1080. The number of carbonyl (C=O) groups excluding carboxylic acids is 2. The van der Waals surface area contributed by atoms with Crippen LogP contribution in [-0.4, -0.2) is 71.5 Å². The van der Waals surface area contributed by atoms with Gasteiger partial charge in [0.05, 0.1) is 29.6 Å². The molecule has 1 atom stereocenters. The smallest absolute Gasteiger partial charge is 0.366 e. The molecule has 8 nitrogen and oxygen atoms in total. The number of benzene rings is 1. The second kappa shape index (κ2) is 8.84. The molecule has 1 unspecified atom stereocenters. The second-order valence-corrected chi connectivity index (χ2v) is 8.34. The summed E-state index contributed by atoms with van der Waals surface area (Å²) in [5.41, 5.74) is 1.47. The Morgan fingerprint density at radius 2 is 2.09 bits per heavy atom. The van der Waals surface area contributed by atoms with Crippen molar-refractivity contribution in [2.75, 3.05) is 36.2 Å². The lowest BCUT2D eigenvalue weighted by atomic mass is 10.0. The normalized spacial score (nSPS) is 19.0. The van der Waals surface area contributed by atoms with Gasteiger partial charge in [-0.1, -0.05) is 0 Å². The molecule has 0 aliphatic carbocycles. The predicted molar refractivity (Wildman–Crippen MR) is 111 cm³/mol. The number of nitrogens with zero attached hydrogens (tertiary/aromatic N) is 4. The number of thioether (sulfide) groups is 1. The number of hydrogen-bond donors (Lipinski definition) is 1. The van der Waals surface area contributed by atoms with Crippen molar-refractivity contribution in [1.82, 2.24) is 15.2 Å². The average Bonchev–Trinajstić information content (AvgIpc) is 3.21. The molecule has 3 heterocycles. The summed E-state index contributed by atoms with van der Waals surface area (Å²) in [7, 11) is 0. The van der Waals surface area contributed by atoms with Crippen LogP contribution in [0, 0.1) is 11.3 Å². The fraction of sp³-hybridized carbons (Fsp3) is 0.400. The number of pyridine rings is 1. The maximum absolute atomic E-state index is 12.8. The first-order valence-corrected chi connectivity index (χ1v) is 10.8. The highest BCUT2D eigenvalue weighted by Gasteiger charge is 2.39. The van der Waals surface area contributed by atoms with Crippen LogP contribution in [0.4, 0.5) is 18.9 Å². The highest BCUT2D eigenvalue weighted by molar-refractivity contribution is 7.99. The van der Waals surface area contributed by atoms with Crippen LogP contribution in [0.5, 0.6) is 0 Å². The zero-order valence-electron chi connectivity index (χ0n) is 16.6. The van der Waals surface area contributed by atoms with Gasteiger partial charge in [0.15, 0.2) is 0 Å². The van der Waals surface area contributed by atoms with Crippen LogP contribution in [0.2, 0.25) is 0 Å². The molecule has 2 fully saturated rings. The maximum Gasteiger partial charge on any atom is 0.522 e. The van der Waals surface area contributed by atoms with Crippen LogP contribution in [0.1, 0.15) is 10.4 Å². The van der Waals surface area contributed by atoms with Gasteiger partial charge in [-0.3, -0.25) is 19.3 Å². The van der Waals surface area contributed by atoms with E-state index in [9.17, 15) is 22.8 Å². The summed E-state index contributed by atoms with van der Waals surface area (Å²) in [6.07, 6.45) is -4.14. The summed E-state index contributed by atoms with van der Waals surface area (Å²) in [5, 5.41) is 12.2. The van der Waals surface area contributed by atoms with Crippen LogP contribution in [0.25, 0.3) is 10.9 Å². The third-order valence-electron chi connectivity index (χ3n) is 5.24. The average molecular weight is 465 g/mol. The Morgan fingerprint density at radius 3 is 2.81 bits per heavy atom. The Morgan fingerprint density at radius 1 is 1.31 bits per heavy atom. The fourth-order valence-electron chi connectivity index (χ4n) is 3.59. The first-order valence-electron chi connectivity index (χ1n) is 9.68. The third-order valence-corrected chi connectivity index (χ3v) is 6.25. The molecular formula is C20H18F3N5O3S. The molecule has 0 radical (unpaired) electrons. The number of halogens is 3. The Hall–Kier alpha value is -3.04. The quantitative estimate of drug-likeness (QED) is 0.722. The number of carbonyl (C=O) groups is 2. The Labute approximate surface area is 185 Å². The number of alkyl halides is 3. The van der Waals surface area contributed by atoms with Gasteiger partial charge in [0.25, 0.3) is 5.91 Å². The summed E-state index contributed by atoms with van der Waals surface area (Å²) in [6.45, 7) is -0.0892. The van der Waals surface area contributed by atoms with E-state index in [1.54, 1.807) is 23.1 Å². The molecule has 0 saturated carbocycles. The molecule has 2 saturated heterocycles.